The Bertz CT molecular complexity index is 1280. The number of sulfonamides is 1. The fourth-order valence-electron chi connectivity index (χ4n) is 3.00. The molecule has 0 spiro atoms. The Balaban J connectivity index is 1.50. The van der Waals surface area contributed by atoms with E-state index in [0.717, 1.165) is 12.0 Å². The van der Waals surface area contributed by atoms with Gasteiger partial charge in [0, 0.05) is 17.5 Å². The first kappa shape index (κ1) is 25.5. The van der Waals surface area contributed by atoms with Gasteiger partial charge < -0.3 is 14.8 Å². The molecule has 2 N–H and O–H groups in total. The van der Waals surface area contributed by atoms with Gasteiger partial charge in [0.1, 0.15) is 5.75 Å². The van der Waals surface area contributed by atoms with Gasteiger partial charge in [-0.2, -0.15) is 0 Å². The van der Waals surface area contributed by atoms with Crippen LogP contribution in [0.3, 0.4) is 0 Å². The number of aryl methyl sites for hydroxylation is 1. The number of anilines is 2. The summed E-state index contributed by atoms with van der Waals surface area (Å²) in [7, 11) is -2.25. The van der Waals surface area contributed by atoms with E-state index in [9.17, 15) is 18.0 Å². The van der Waals surface area contributed by atoms with Gasteiger partial charge >= 0.3 is 5.97 Å². The van der Waals surface area contributed by atoms with Gasteiger partial charge in [0.05, 0.1) is 12.0 Å². The van der Waals surface area contributed by atoms with Crippen molar-refractivity contribution in [1.82, 2.24) is 0 Å². The SMILES string of the molecule is CCc1ccc(NC(=O)COC(=O)/C=C/c2ccc(S(=O)(=O)Nc3ccc(OC)cc3)cc2)cc1. The lowest BCUT2D eigenvalue weighted by Crippen LogP contribution is -2.20. The van der Waals surface area contributed by atoms with Crippen LogP contribution in [0.4, 0.5) is 11.4 Å². The van der Waals surface area contributed by atoms with E-state index in [2.05, 4.69) is 10.0 Å². The number of rotatable bonds is 10. The van der Waals surface area contributed by atoms with Crippen LogP contribution >= 0.6 is 0 Å². The van der Waals surface area contributed by atoms with Crippen molar-refractivity contribution < 1.29 is 27.5 Å². The molecule has 0 bridgehead atoms. The van der Waals surface area contributed by atoms with E-state index in [-0.39, 0.29) is 4.90 Å². The molecule has 182 valence electrons. The number of hydrogen-bond donors (Lipinski definition) is 2. The highest BCUT2D eigenvalue weighted by Gasteiger charge is 2.14. The number of nitrogens with one attached hydrogen (secondary N) is 2. The number of carbonyl (C=O) groups is 2. The number of amides is 1. The predicted octanol–water partition coefficient (Wildman–Crippen LogP) is 4.25. The van der Waals surface area contributed by atoms with Gasteiger partial charge in [-0.15, -0.1) is 0 Å². The summed E-state index contributed by atoms with van der Waals surface area (Å²) in [6, 6.07) is 19.9. The number of hydrogen-bond acceptors (Lipinski definition) is 6. The van der Waals surface area contributed by atoms with Gasteiger partial charge in [0.25, 0.3) is 15.9 Å². The van der Waals surface area contributed by atoms with E-state index < -0.39 is 28.5 Å². The van der Waals surface area contributed by atoms with Crippen molar-refractivity contribution in [3.8, 4) is 5.75 Å². The zero-order valence-electron chi connectivity index (χ0n) is 19.4. The van der Waals surface area contributed by atoms with Crippen molar-refractivity contribution in [1.29, 1.82) is 0 Å². The molecule has 0 saturated heterocycles. The quantitative estimate of drug-likeness (QED) is 0.322. The summed E-state index contributed by atoms with van der Waals surface area (Å²) in [6.07, 6.45) is 3.54. The molecule has 3 rings (SSSR count). The van der Waals surface area contributed by atoms with E-state index >= 15 is 0 Å². The first-order valence-electron chi connectivity index (χ1n) is 10.8. The lowest BCUT2D eigenvalue weighted by atomic mass is 10.1. The predicted molar refractivity (Wildman–Crippen MR) is 135 cm³/mol. The molecule has 9 heteroatoms. The summed E-state index contributed by atoms with van der Waals surface area (Å²) in [5.41, 5.74) is 2.76. The van der Waals surface area contributed by atoms with Crippen molar-refractivity contribution in [2.45, 2.75) is 18.2 Å². The summed E-state index contributed by atoms with van der Waals surface area (Å²) in [4.78, 5) is 24.0. The second kappa shape index (κ2) is 11.8. The maximum absolute atomic E-state index is 12.6. The third kappa shape index (κ3) is 7.72. The second-order valence-electron chi connectivity index (χ2n) is 7.44. The van der Waals surface area contributed by atoms with Crippen LogP contribution in [0.5, 0.6) is 5.75 Å². The Morgan fingerprint density at radius 2 is 1.51 bits per heavy atom. The molecular formula is C26H26N2O6S. The van der Waals surface area contributed by atoms with E-state index in [4.69, 9.17) is 9.47 Å². The smallest absolute Gasteiger partial charge is 0.331 e. The molecule has 35 heavy (non-hydrogen) atoms. The molecule has 0 heterocycles. The average Bonchev–Trinajstić information content (AvgIpc) is 2.87. The maximum Gasteiger partial charge on any atom is 0.331 e. The molecular weight excluding hydrogens is 468 g/mol. The van der Waals surface area contributed by atoms with Crippen LogP contribution in [0.15, 0.2) is 83.8 Å². The van der Waals surface area contributed by atoms with Gasteiger partial charge in [-0.1, -0.05) is 31.2 Å². The number of esters is 1. The molecule has 0 unspecified atom stereocenters. The molecule has 0 aliphatic heterocycles. The third-order valence-electron chi connectivity index (χ3n) is 4.94. The van der Waals surface area contributed by atoms with Crippen molar-refractivity contribution in [3.63, 3.8) is 0 Å². The normalized spacial score (nSPS) is 11.1. The van der Waals surface area contributed by atoms with Gasteiger partial charge in [0.15, 0.2) is 6.61 Å². The Hall–Kier alpha value is -4.11. The van der Waals surface area contributed by atoms with Gasteiger partial charge in [-0.05, 0) is 72.2 Å². The van der Waals surface area contributed by atoms with Crippen LogP contribution in [0, 0.1) is 0 Å². The minimum absolute atomic E-state index is 0.0664. The van der Waals surface area contributed by atoms with Crippen LogP contribution in [0.1, 0.15) is 18.1 Å². The Morgan fingerprint density at radius 1 is 0.886 bits per heavy atom. The summed E-state index contributed by atoms with van der Waals surface area (Å²) in [5, 5.41) is 2.66. The summed E-state index contributed by atoms with van der Waals surface area (Å²) in [6.45, 7) is 1.62. The Labute approximate surface area is 204 Å². The monoisotopic (exact) mass is 494 g/mol. The van der Waals surface area contributed by atoms with E-state index in [0.29, 0.717) is 22.7 Å². The van der Waals surface area contributed by atoms with E-state index in [1.54, 1.807) is 48.5 Å². The van der Waals surface area contributed by atoms with Crippen molar-refractivity contribution >= 4 is 39.4 Å². The Morgan fingerprint density at radius 3 is 2.11 bits per heavy atom. The minimum atomic E-state index is -3.78. The minimum Gasteiger partial charge on any atom is -0.497 e. The fraction of sp³-hybridized carbons (Fsp3) is 0.154. The Kier molecular flexibility index (Phi) is 8.63. The van der Waals surface area contributed by atoms with Gasteiger partial charge in [-0.25, -0.2) is 13.2 Å². The zero-order valence-corrected chi connectivity index (χ0v) is 20.2. The van der Waals surface area contributed by atoms with Crippen LogP contribution < -0.4 is 14.8 Å². The highest BCUT2D eigenvalue weighted by molar-refractivity contribution is 7.92. The number of ether oxygens (including phenoxy) is 2. The molecule has 0 fully saturated rings. The van der Waals surface area contributed by atoms with Crippen LogP contribution in [-0.4, -0.2) is 34.0 Å². The molecule has 0 aliphatic rings. The topological polar surface area (TPSA) is 111 Å². The largest absolute Gasteiger partial charge is 0.497 e. The summed E-state index contributed by atoms with van der Waals surface area (Å²) >= 11 is 0. The second-order valence-corrected chi connectivity index (χ2v) is 9.13. The van der Waals surface area contributed by atoms with Crippen LogP contribution in [0.2, 0.25) is 0 Å². The zero-order chi connectivity index (χ0) is 25.3. The van der Waals surface area contributed by atoms with Gasteiger partial charge in [-0.3, -0.25) is 9.52 Å². The molecule has 3 aromatic rings. The van der Waals surface area contributed by atoms with Gasteiger partial charge in [0.2, 0.25) is 0 Å². The number of benzene rings is 3. The first-order valence-corrected chi connectivity index (χ1v) is 12.3. The molecule has 0 radical (unpaired) electrons. The fourth-order valence-corrected chi connectivity index (χ4v) is 4.06. The lowest BCUT2D eigenvalue weighted by Gasteiger charge is -2.09. The molecule has 0 atom stereocenters. The van der Waals surface area contributed by atoms with Crippen LogP contribution in [0.25, 0.3) is 6.08 Å². The van der Waals surface area contributed by atoms with Crippen LogP contribution in [-0.2, 0) is 30.8 Å². The molecule has 0 aliphatic carbocycles. The molecule has 1 amide bonds. The molecule has 0 aromatic heterocycles. The maximum atomic E-state index is 12.6. The molecule has 8 nitrogen and oxygen atoms in total. The first-order chi connectivity index (χ1) is 16.8. The summed E-state index contributed by atoms with van der Waals surface area (Å²) in [5.74, 6) is -0.529. The molecule has 0 saturated carbocycles. The van der Waals surface area contributed by atoms with Crippen molar-refractivity contribution in [2.75, 3.05) is 23.8 Å². The molecule has 3 aromatic carbocycles. The highest BCUT2D eigenvalue weighted by Crippen LogP contribution is 2.20. The third-order valence-corrected chi connectivity index (χ3v) is 6.33. The summed E-state index contributed by atoms with van der Waals surface area (Å²) < 4.78 is 37.6. The van der Waals surface area contributed by atoms with Crippen molar-refractivity contribution in [3.05, 3.63) is 90.0 Å². The average molecular weight is 495 g/mol. The number of carbonyl (C=O) groups excluding carboxylic acids is 2. The lowest BCUT2D eigenvalue weighted by molar-refractivity contribution is -0.142. The standard InChI is InChI=1S/C26H26N2O6S/c1-3-19-4-9-21(10-5-19)27-25(29)18-34-26(30)17-8-20-6-15-24(16-7-20)35(31,32)28-22-11-13-23(33-2)14-12-22/h4-17,28H,3,18H2,1-2H3,(H,27,29)/b17-8+. The highest BCUT2D eigenvalue weighted by atomic mass is 32.2. The number of methoxy groups -OCH3 is 1. The van der Waals surface area contributed by atoms with Crippen molar-refractivity contribution in [2.24, 2.45) is 0 Å². The van der Waals surface area contributed by atoms with E-state index in [1.807, 2.05) is 19.1 Å². The van der Waals surface area contributed by atoms with E-state index in [1.165, 1.54) is 31.4 Å².